The lowest BCUT2D eigenvalue weighted by molar-refractivity contribution is 0.00250. The fourth-order valence-electron chi connectivity index (χ4n) is 5.40. The van der Waals surface area contributed by atoms with Crippen LogP contribution in [0.2, 0.25) is 0 Å². The van der Waals surface area contributed by atoms with Gasteiger partial charge in [-0.05, 0) is 75.6 Å². The lowest BCUT2D eigenvalue weighted by Crippen LogP contribution is -2.64. The number of aromatic nitrogens is 3. The molecule has 206 valence electrons. The molecule has 2 aliphatic heterocycles. The molecule has 2 saturated heterocycles. The number of aliphatic imine (C=N–C) groups is 1. The number of carbonyl (C=O) groups excluding carboxylic acids is 1. The van der Waals surface area contributed by atoms with Gasteiger partial charge in [0.1, 0.15) is 29.9 Å². The molecule has 1 aliphatic carbocycles. The predicted molar refractivity (Wildman–Crippen MR) is 152 cm³/mol. The number of aliphatic hydroxyl groups is 1. The Morgan fingerprint density at radius 3 is 2.77 bits per heavy atom. The Bertz CT molecular complexity index is 1520. The lowest BCUT2D eigenvalue weighted by atomic mass is 9.66. The van der Waals surface area contributed by atoms with E-state index < -0.39 is 5.60 Å². The van der Waals surface area contributed by atoms with E-state index in [-0.39, 0.29) is 18.6 Å². The number of pyridine rings is 2. The van der Waals surface area contributed by atoms with E-state index in [1.807, 2.05) is 31.2 Å². The summed E-state index contributed by atoms with van der Waals surface area (Å²) in [6.07, 6.45) is 9.80. The Balaban J connectivity index is 1.33. The number of nitrogens with zero attached hydrogens (tertiary/aromatic N) is 6. The van der Waals surface area contributed by atoms with Crippen LogP contribution < -0.4 is 10.1 Å². The lowest BCUT2D eigenvalue weighted by Gasteiger charge is -2.54. The van der Waals surface area contributed by atoms with Crippen LogP contribution in [-0.2, 0) is 0 Å². The van der Waals surface area contributed by atoms with Gasteiger partial charge in [0.2, 0.25) is 0 Å². The number of hydrogen-bond acceptors (Lipinski definition) is 8. The zero-order valence-corrected chi connectivity index (χ0v) is 22.9. The zero-order valence-electron chi connectivity index (χ0n) is 22.9. The molecule has 1 unspecified atom stereocenters. The zero-order chi connectivity index (χ0) is 28.4. The molecule has 3 aromatic heterocycles. The maximum absolute atomic E-state index is 12.6. The Hall–Kier alpha value is -4.49. The van der Waals surface area contributed by atoms with Crippen molar-refractivity contribution in [1.29, 1.82) is 5.26 Å². The van der Waals surface area contributed by atoms with Crippen LogP contribution in [0.4, 0.5) is 0 Å². The molecule has 3 atom stereocenters. The Kier molecular flexibility index (Phi) is 7.41. The smallest absolute Gasteiger partial charge is 0.270 e. The quantitative estimate of drug-likeness (QED) is 0.315. The number of amides is 1. The number of fused-ring (bicyclic) bond motifs is 3. The topological polar surface area (TPSA) is 128 Å². The number of carbonyl (C=O) groups is 1. The van der Waals surface area contributed by atoms with E-state index >= 15 is 0 Å². The van der Waals surface area contributed by atoms with Crippen molar-refractivity contribution in [2.24, 2.45) is 16.8 Å². The number of nitrogens with one attached hydrogen (secondary N) is 1. The van der Waals surface area contributed by atoms with Gasteiger partial charge in [0.25, 0.3) is 5.91 Å². The SMILES string of the molecule is C=N/C(=C\C=C(/C)c1cc(OCC(C)(C)O)cn2ncc(C#N)c12)N1C[C@H]2C[C@@H](C1)C2NC(=O)c1ccccn1. The Labute approximate surface area is 233 Å². The minimum atomic E-state index is -0.995. The molecule has 40 heavy (non-hydrogen) atoms. The van der Waals surface area contributed by atoms with E-state index in [9.17, 15) is 15.2 Å². The first-order chi connectivity index (χ1) is 19.2. The molecule has 1 amide bonds. The number of nitriles is 1. The van der Waals surface area contributed by atoms with Gasteiger partial charge in [0, 0.05) is 30.9 Å². The van der Waals surface area contributed by atoms with E-state index in [0.717, 1.165) is 36.5 Å². The highest BCUT2D eigenvalue weighted by atomic mass is 16.5. The summed E-state index contributed by atoms with van der Waals surface area (Å²) >= 11 is 0. The highest BCUT2D eigenvalue weighted by molar-refractivity contribution is 5.92. The summed E-state index contributed by atoms with van der Waals surface area (Å²) in [5.74, 6) is 1.81. The second-order valence-corrected chi connectivity index (χ2v) is 11.1. The third-order valence-electron chi connectivity index (χ3n) is 7.42. The van der Waals surface area contributed by atoms with Crippen molar-refractivity contribution in [3.8, 4) is 11.8 Å². The van der Waals surface area contributed by atoms with Gasteiger partial charge in [-0.2, -0.15) is 10.4 Å². The molecule has 10 nitrogen and oxygen atoms in total. The molecule has 0 radical (unpaired) electrons. The molecule has 2 N–H and O–H groups in total. The normalized spacial score (nSPS) is 21.0. The minimum absolute atomic E-state index is 0.109. The fraction of sp³-hybridized carbons (Fsp3) is 0.367. The first-order valence-corrected chi connectivity index (χ1v) is 13.3. The van der Waals surface area contributed by atoms with Crippen LogP contribution >= 0.6 is 0 Å². The molecule has 0 spiro atoms. The molecular formula is C30H33N7O3. The molecule has 3 aromatic rings. The molecule has 3 aliphatic rings. The number of allylic oxidation sites excluding steroid dienone is 3. The maximum Gasteiger partial charge on any atom is 0.270 e. The van der Waals surface area contributed by atoms with Crippen molar-refractivity contribution < 1.29 is 14.6 Å². The molecule has 2 bridgehead atoms. The molecule has 1 saturated carbocycles. The highest BCUT2D eigenvalue weighted by Crippen LogP contribution is 2.41. The van der Waals surface area contributed by atoms with Crippen LogP contribution in [0.1, 0.15) is 48.8 Å². The number of ether oxygens (including phenoxy) is 1. The van der Waals surface area contributed by atoms with Crippen molar-refractivity contribution in [2.75, 3.05) is 19.7 Å². The van der Waals surface area contributed by atoms with Crippen molar-refractivity contribution in [2.45, 2.75) is 38.8 Å². The van der Waals surface area contributed by atoms with E-state index in [2.05, 4.69) is 38.1 Å². The van der Waals surface area contributed by atoms with Gasteiger partial charge in [-0.3, -0.25) is 9.78 Å². The van der Waals surface area contributed by atoms with Gasteiger partial charge < -0.3 is 20.1 Å². The summed E-state index contributed by atoms with van der Waals surface area (Å²) in [6.45, 7) is 10.8. The van der Waals surface area contributed by atoms with Crippen LogP contribution in [-0.4, -0.2) is 68.6 Å². The Morgan fingerprint density at radius 1 is 1.35 bits per heavy atom. The number of piperidine rings is 2. The molecular weight excluding hydrogens is 506 g/mol. The third kappa shape index (κ3) is 5.60. The van der Waals surface area contributed by atoms with Crippen LogP contribution in [0.3, 0.4) is 0 Å². The van der Waals surface area contributed by atoms with Crippen LogP contribution in [0.5, 0.6) is 5.75 Å². The largest absolute Gasteiger partial charge is 0.489 e. The fourth-order valence-corrected chi connectivity index (χ4v) is 5.40. The predicted octanol–water partition coefficient (Wildman–Crippen LogP) is 3.45. The highest BCUT2D eigenvalue weighted by Gasteiger charge is 2.47. The molecule has 6 rings (SSSR count). The van der Waals surface area contributed by atoms with Crippen molar-refractivity contribution in [1.82, 2.24) is 24.8 Å². The molecule has 5 heterocycles. The van der Waals surface area contributed by atoms with Crippen LogP contribution in [0.15, 0.2) is 65.8 Å². The second-order valence-electron chi connectivity index (χ2n) is 11.1. The van der Waals surface area contributed by atoms with Gasteiger partial charge in [0.15, 0.2) is 0 Å². The average molecular weight is 540 g/mol. The van der Waals surface area contributed by atoms with Gasteiger partial charge in [-0.25, -0.2) is 9.51 Å². The summed E-state index contributed by atoms with van der Waals surface area (Å²) in [5.41, 5.74) is 2.25. The summed E-state index contributed by atoms with van der Waals surface area (Å²) in [5, 5.41) is 27.2. The summed E-state index contributed by atoms with van der Waals surface area (Å²) < 4.78 is 7.45. The van der Waals surface area contributed by atoms with Crippen molar-refractivity contribution in [3.63, 3.8) is 0 Å². The van der Waals surface area contributed by atoms with Gasteiger partial charge in [0.05, 0.1) is 29.1 Å². The maximum atomic E-state index is 12.6. The van der Waals surface area contributed by atoms with Gasteiger partial charge in [-0.15, -0.1) is 0 Å². The number of hydrogen-bond donors (Lipinski definition) is 2. The summed E-state index contributed by atoms with van der Waals surface area (Å²) in [7, 11) is 0. The molecule has 3 fully saturated rings. The van der Waals surface area contributed by atoms with E-state index in [1.165, 1.54) is 6.20 Å². The van der Waals surface area contributed by atoms with Crippen LogP contribution in [0.25, 0.3) is 11.1 Å². The van der Waals surface area contributed by atoms with Gasteiger partial charge in [-0.1, -0.05) is 12.1 Å². The first kappa shape index (κ1) is 27.1. The van der Waals surface area contributed by atoms with E-state index in [0.29, 0.717) is 34.4 Å². The van der Waals surface area contributed by atoms with E-state index in [4.69, 9.17) is 4.74 Å². The molecule has 0 aromatic carbocycles. The average Bonchev–Trinajstić information content (AvgIpc) is 3.37. The third-order valence-corrected chi connectivity index (χ3v) is 7.42. The van der Waals surface area contributed by atoms with Crippen LogP contribution in [0, 0.1) is 23.2 Å². The van der Waals surface area contributed by atoms with Gasteiger partial charge >= 0.3 is 0 Å². The molecule has 10 heteroatoms. The second kappa shape index (κ2) is 10.9. The summed E-state index contributed by atoms with van der Waals surface area (Å²) in [4.78, 5) is 23.3. The van der Waals surface area contributed by atoms with Crippen molar-refractivity contribution in [3.05, 3.63) is 77.6 Å². The number of rotatable bonds is 9. The standard InChI is InChI=1S/C30H33N7O3/c1-19(24-12-23(40-18-30(2,3)39)17-37-28(24)22(13-31)14-34-37)8-9-26(32-4)36-15-20-11-21(16-36)27(20)35-29(38)25-7-5-6-10-33-25/h5-10,12,14,17,20-21,27,39H,4,11,15-16,18H2,1-3H3,(H,35,38)/b19-8+,26-9+/t20-,21+,27?. The van der Waals surface area contributed by atoms with E-state index in [1.54, 1.807) is 42.9 Å². The first-order valence-electron chi connectivity index (χ1n) is 13.3. The Morgan fingerprint density at radius 2 is 2.12 bits per heavy atom. The monoisotopic (exact) mass is 539 g/mol. The minimum Gasteiger partial charge on any atom is -0.489 e. The summed E-state index contributed by atoms with van der Waals surface area (Å²) in [6, 6.07) is 9.52. The van der Waals surface area contributed by atoms with Crippen molar-refractivity contribution >= 4 is 23.7 Å².